The molecule has 1 aromatic rings. The highest BCUT2D eigenvalue weighted by atomic mass is 79.9. The number of halogens is 2. The predicted octanol–water partition coefficient (Wildman–Crippen LogP) is 5.81. The standard InChI is InChI=1S/C12H16BrClS/c13-10(12-11(14)6-7-15-12)8-9-4-2-1-3-5-9/h6-7,9-10H,1-5,8H2. The van der Waals surface area contributed by atoms with Crippen LogP contribution in [0.2, 0.25) is 5.02 Å². The zero-order valence-electron chi connectivity index (χ0n) is 8.72. The van der Waals surface area contributed by atoms with E-state index in [4.69, 9.17) is 11.6 Å². The summed E-state index contributed by atoms with van der Waals surface area (Å²) in [5.41, 5.74) is 0. The van der Waals surface area contributed by atoms with Crippen molar-refractivity contribution in [1.82, 2.24) is 0 Å². The van der Waals surface area contributed by atoms with Crippen LogP contribution in [0.3, 0.4) is 0 Å². The monoisotopic (exact) mass is 306 g/mol. The van der Waals surface area contributed by atoms with Crippen LogP contribution in [-0.4, -0.2) is 0 Å². The maximum atomic E-state index is 6.13. The molecule has 1 saturated carbocycles. The molecule has 1 unspecified atom stereocenters. The lowest BCUT2D eigenvalue weighted by Gasteiger charge is -2.23. The van der Waals surface area contributed by atoms with Gasteiger partial charge in [-0.3, -0.25) is 0 Å². The van der Waals surface area contributed by atoms with E-state index in [0.29, 0.717) is 4.83 Å². The molecule has 84 valence electrons. The molecule has 0 nitrogen and oxygen atoms in total. The van der Waals surface area contributed by atoms with Gasteiger partial charge in [0.1, 0.15) is 0 Å². The number of thiophene rings is 1. The molecule has 1 aliphatic rings. The average molecular weight is 308 g/mol. The van der Waals surface area contributed by atoms with Crippen LogP contribution in [0.4, 0.5) is 0 Å². The first-order valence-corrected chi connectivity index (χ1v) is 7.81. The number of hydrogen-bond acceptors (Lipinski definition) is 1. The van der Waals surface area contributed by atoms with E-state index < -0.39 is 0 Å². The molecular weight excluding hydrogens is 292 g/mol. The van der Waals surface area contributed by atoms with Crippen LogP contribution in [0.1, 0.15) is 48.2 Å². The highest BCUT2D eigenvalue weighted by Gasteiger charge is 2.20. The molecule has 0 bridgehead atoms. The molecule has 0 N–H and O–H groups in total. The van der Waals surface area contributed by atoms with E-state index in [9.17, 15) is 0 Å². The summed E-state index contributed by atoms with van der Waals surface area (Å²) in [5, 5.41) is 3.00. The van der Waals surface area contributed by atoms with Crippen LogP contribution in [0.5, 0.6) is 0 Å². The largest absolute Gasteiger partial charge is 0.146 e. The van der Waals surface area contributed by atoms with Crippen molar-refractivity contribution in [3.8, 4) is 0 Å². The smallest absolute Gasteiger partial charge is 0.0556 e. The molecule has 15 heavy (non-hydrogen) atoms. The normalized spacial score (nSPS) is 20.4. The van der Waals surface area contributed by atoms with E-state index in [1.165, 1.54) is 43.4 Å². The molecule has 0 spiro atoms. The van der Waals surface area contributed by atoms with Gasteiger partial charge < -0.3 is 0 Å². The van der Waals surface area contributed by atoms with E-state index in [1.54, 1.807) is 11.3 Å². The first-order chi connectivity index (χ1) is 7.27. The zero-order valence-corrected chi connectivity index (χ0v) is 11.9. The van der Waals surface area contributed by atoms with Gasteiger partial charge in [-0.05, 0) is 23.8 Å². The Morgan fingerprint density at radius 2 is 2.13 bits per heavy atom. The summed E-state index contributed by atoms with van der Waals surface area (Å²) in [6, 6.07) is 2.00. The fraction of sp³-hybridized carbons (Fsp3) is 0.667. The summed E-state index contributed by atoms with van der Waals surface area (Å²) < 4.78 is 0. The first kappa shape index (κ1) is 11.9. The summed E-state index contributed by atoms with van der Waals surface area (Å²) in [7, 11) is 0. The van der Waals surface area contributed by atoms with Crippen molar-refractivity contribution in [1.29, 1.82) is 0 Å². The van der Waals surface area contributed by atoms with Gasteiger partial charge in [0.2, 0.25) is 0 Å². The van der Waals surface area contributed by atoms with Crippen LogP contribution in [0, 0.1) is 5.92 Å². The van der Waals surface area contributed by atoms with Crippen molar-refractivity contribution in [2.24, 2.45) is 5.92 Å². The molecular formula is C12H16BrClS. The summed E-state index contributed by atoms with van der Waals surface area (Å²) in [6.07, 6.45) is 8.34. The molecule has 1 aromatic heterocycles. The summed E-state index contributed by atoms with van der Waals surface area (Å²) in [5.74, 6) is 0.904. The molecule has 1 heterocycles. The lowest BCUT2D eigenvalue weighted by molar-refractivity contribution is 0.339. The zero-order chi connectivity index (χ0) is 10.7. The minimum Gasteiger partial charge on any atom is -0.146 e. The van der Waals surface area contributed by atoms with Gasteiger partial charge in [-0.1, -0.05) is 59.6 Å². The first-order valence-electron chi connectivity index (χ1n) is 5.64. The molecule has 2 rings (SSSR count). The number of hydrogen-bond donors (Lipinski definition) is 0. The van der Waals surface area contributed by atoms with Crippen molar-refractivity contribution >= 4 is 38.9 Å². The Labute approximate surface area is 109 Å². The lowest BCUT2D eigenvalue weighted by Crippen LogP contribution is -2.08. The molecule has 0 aliphatic heterocycles. The van der Waals surface area contributed by atoms with Crippen LogP contribution in [0.15, 0.2) is 11.4 Å². The van der Waals surface area contributed by atoms with E-state index in [1.807, 2.05) is 6.07 Å². The number of alkyl halides is 1. The Morgan fingerprint density at radius 3 is 2.73 bits per heavy atom. The van der Waals surface area contributed by atoms with E-state index in [0.717, 1.165) is 10.9 Å². The van der Waals surface area contributed by atoms with Gasteiger partial charge >= 0.3 is 0 Å². The molecule has 0 saturated heterocycles. The highest BCUT2D eigenvalue weighted by Crippen LogP contribution is 2.41. The van der Waals surface area contributed by atoms with Crippen molar-refractivity contribution in [3.05, 3.63) is 21.3 Å². The average Bonchev–Trinajstić information content (AvgIpc) is 2.66. The minimum absolute atomic E-state index is 0.466. The Bertz CT molecular complexity index is 304. The Balaban J connectivity index is 1.91. The second kappa shape index (κ2) is 5.70. The lowest BCUT2D eigenvalue weighted by atomic mass is 9.86. The second-order valence-corrected chi connectivity index (χ2v) is 6.80. The molecule has 1 aliphatic carbocycles. The number of rotatable bonds is 3. The third-order valence-corrected chi connectivity index (χ3v) is 5.80. The Kier molecular flexibility index (Phi) is 4.53. The SMILES string of the molecule is Clc1ccsc1C(Br)CC1CCCCC1. The Hall–Kier alpha value is 0.470. The third-order valence-electron chi connectivity index (χ3n) is 3.19. The quantitative estimate of drug-likeness (QED) is 0.618. The van der Waals surface area contributed by atoms with Crippen molar-refractivity contribution in [3.63, 3.8) is 0 Å². The maximum Gasteiger partial charge on any atom is 0.0556 e. The van der Waals surface area contributed by atoms with Gasteiger partial charge in [-0.15, -0.1) is 11.3 Å². The fourth-order valence-electron chi connectivity index (χ4n) is 2.35. The highest BCUT2D eigenvalue weighted by molar-refractivity contribution is 9.09. The third kappa shape index (κ3) is 3.21. The van der Waals surface area contributed by atoms with Gasteiger partial charge in [-0.25, -0.2) is 0 Å². The molecule has 0 radical (unpaired) electrons. The van der Waals surface area contributed by atoms with Gasteiger partial charge in [0.25, 0.3) is 0 Å². The molecule has 0 amide bonds. The fourth-order valence-corrected chi connectivity index (χ4v) is 4.76. The van der Waals surface area contributed by atoms with Gasteiger partial charge in [-0.2, -0.15) is 0 Å². The van der Waals surface area contributed by atoms with Crippen LogP contribution >= 0.6 is 38.9 Å². The molecule has 0 aromatic carbocycles. The van der Waals surface area contributed by atoms with Gasteiger partial charge in [0, 0.05) is 4.88 Å². The van der Waals surface area contributed by atoms with Crippen LogP contribution < -0.4 is 0 Å². The van der Waals surface area contributed by atoms with Crippen molar-refractivity contribution < 1.29 is 0 Å². The van der Waals surface area contributed by atoms with E-state index >= 15 is 0 Å². The molecule has 3 heteroatoms. The van der Waals surface area contributed by atoms with E-state index in [-0.39, 0.29) is 0 Å². The van der Waals surface area contributed by atoms with E-state index in [2.05, 4.69) is 21.3 Å². The summed E-state index contributed by atoms with van der Waals surface area (Å²) in [4.78, 5) is 1.77. The van der Waals surface area contributed by atoms with Crippen LogP contribution in [0.25, 0.3) is 0 Å². The summed E-state index contributed by atoms with van der Waals surface area (Å²) in [6.45, 7) is 0. The van der Waals surface area contributed by atoms with Crippen molar-refractivity contribution in [2.45, 2.75) is 43.4 Å². The van der Waals surface area contributed by atoms with Gasteiger partial charge in [0.15, 0.2) is 0 Å². The van der Waals surface area contributed by atoms with Crippen LogP contribution in [-0.2, 0) is 0 Å². The van der Waals surface area contributed by atoms with Crippen molar-refractivity contribution in [2.75, 3.05) is 0 Å². The van der Waals surface area contributed by atoms with Gasteiger partial charge in [0.05, 0.1) is 9.85 Å². The minimum atomic E-state index is 0.466. The second-order valence-electron chi connectivity index (χ2n) is 4.34. The predicted molar refractivity (Wildman–Crippen MR) is 72.2 cm³/mol. The summed E-state index contributed by atoms with van der Waals surface area (Å²) >= 11 is 11.7. The Morgan fingerprint density at radius 1 is 1.40 bits per heavy atom. The maximum absolute atomic E-state index is 6.13. The molecule has 1 atom stereocenters. The topological polar surface area (TPSA) is 0 Å². The molecule has 1 fully saturated rings.